The summed E-state index contributed by atoms with van der Waals surface area (Å²) >= 11 is 0. The molecule has 0 aromatic heterocycles. The van der Waals surface area contributed by atoms with Crippen molar-refractivity contribution < 1.29 is 4.79 Å². The molecule has 1 aromatic rings. The lowest BCUT2D eigenvalue weighted by Crippen LogP contribution is -2.24. The van der Waals surface area contributed by atoms with Gasteiger partial charge in [-0.25, -0.2) is 0 Å². The molecule has 2 heteroatoms. The molecule has 0 unspecified atom stereocenters. The van der Waals surface area contributed by atoms with Crippen LogP contribution in [-0.4, -0.2) is 19.4 Å². The quantitative estimate of drug-likeness (QED) is 0.541. The minimum absolute atomic E-state index is 0.713. The first-order valence-corrected chi connectivity index (χ1v) is 5.12. The van der Waals surface area contributed by atoms with Gasteiger partial charge < -0.3 is 4.90 Å². The second-order valence-electron chi connectivity index (χ2n) is 3.68. The molecule has 0 heterocycles. The Morgan fingerprint density at radius 2 is 2.00 bits per heavy atom. The number of carbonyl (C=O) groups is 1. The van der Waals surface area contributed by atoms with E-state index in [2.05, 4.69) is 18.4 Å². The average molecular weight is 203 g/mol. The molecule has 2 nitrogen and oxygen atoms in total. The molecule has 1 aromatic carbocycles. The first kappa shape index (κ1) is 11.5. The summed E-state index contributed by atoms with van der Waals surface area (Å²) in [5.74, 6) is 0. The van der Waals surface area contributed by atoms with Gasteiger partial charge in [-0.05, 0) is 38.1 Å². The zero-order chi connectivity index (χ0) is 11.3. The molecule has 0 radical (unpaired) electrons. The molecule has 0 aliphatic carbocycles. The minimum Gasteiger partial charge on any atom is -0.368 e. The van der Waals surface area contributed by atoms with Gasteiger partial charge in [0.15, 0.2) is 0 Å². The van der Waals surface area contributed by atoms with Crippen molar-refractivity contribution in [2.75, 3.05) is 18.0 Å². The lowest BCUT2D eigenvalue weighted by Gasteiger charge is -2.23. The first-order chi connectivity index (χ1) is 7.17. The first-order valence-electron chi connectivity index (χ1n) is 5.12. The van der Waals surface area contributed by atoms with Crippen molar-refractivity contribution in [3.05, 3.63) is 42.0 Å². The zero-order valence-electron chi connectivity index (χ0n) is 9.36. The summed E-state index contributed by atoms with van der Waals surface area (Å²) in [6.45, 7) is 9.82. The molecule has 0 saturated heterocycles. The number of hydrogen-bond acceptors (Lipinski definition) is 2. The van der Waals surface area contributed by atoms with Crippen LogP contribution in [0.2, 0.25) is 0 Å². The molecule has 0 fully saturated rings. The van der Waals surface area contributed by atoms with Crippen LogP contribution in [0.5, 0.6) is 0 Å². The molecule has 0 saturated carbocycles. The van der Waals surface area contributed by atoms with E-state index in [9.17, 15) is 4.79 Å². The van der Waals surface area contributed by atoms with E-state index in [1.807, 2.05) is 31.2 Å². The van der Waals surface area contributed by atoms with Gasteiger partial charge in [0.25, 0.3) is 0 Å². The summed E-state index contributed by atoms with van der Waals surface area (Å²) in [5, 5.41) is 0. The van der Waals surface area contributed by atoms with Gasteiger partial charge in [-0.2, -0.15) is 0 Å². The normalized spacial score (nSPS) is 9.73. The van der Waals surface area contributed by atoms with E-state index >= 15 is 0 Å². The number of carbonyl (C=O) groups excluding carboxylic acids is 1. The predicted octanol–water partition coefficient (Wildman–Crippen LogP) is 2.90. The van der Waals surface area contributed by atoms with Gasteiger partial charge in [0.2, 0.25) is 0 Å². The van der Waals surface area contributed by atoms with E-state index in [1.54, 1.807) is 0 Å². The Morgan fingerprint density at radius 3 is 2.40 bits per heavy atom. The Morgan fingerprint density at radius 1 is 1.40 bits per heavy atom. The predicted molar refractivity (Wildman–Crippen MR) is 64.5 cm³/mol. The molecule has 0 atom stereocenters. The number of aldehydes is 1. The Bertz CT molecular complexity index is 340. The summed E-state index contributed by atoms with van der Waals surface area (Å²) < 4.78 is 0. The zero-order valence-corrected chi connectivity index (χ0v) is 9.36. The number of hydrogen-bond donors (Lipinski definition) is 0. The number of nitrogens with zero attached hydrogens (tertiary/aromatic N) is 1. The smallest absolute Gasteiger partial charge is 0.150 e. The molecule has 0 aliphatic heterocycles. The lowest BCUT2D eigenvalue weighted by molar-refractivity contribution is 0.112. The van der Waals surface area contributed by atoms with Crippen LogP contribution in [-0.2, 0) is 0 Å². The van der Waals surface area contributed by atoms with Crippen LogP contribution in [0.25, 0.3) is 0 Å². The summed E-state index contributed by atoms with van der Waals surface area (Å²) in [4.78, 5) is 12.7. The third-order valence-corrected chi connectivity index (χ3v) is 2.24. The van der Waals surface area contributed by atoms with Crippen molar-refractivity contribution in [1.82, 2.24) is 0 Å². The number of rotatable bonds is 5. The van der Waals surface area contributed by atoms with Crippen LogP contribution < -0.4 is 4.90 Å². The van der Waals surface area contributed by atoms with Crippen molar-refractivity contribution >= 4 is 12.0 Å². The van der Waals surface area contributed by atoms with Gasteiger partial charge in [0, 0.05) is 24.3 Å². The number of anilines is 1. The fourth-order valence-electron chi connectivity index (χ4n) is 1.48. The van der Waals surface area contributed by atoms with Gasteiger partial charge in [0.05, 0.1) is 0 Å². The molecule has 0 bridgehead atoms. The molecule has 0 aliphatic rings. The maximum absolute atomic E-state index is 10.5. The van der Waals surface area contributed by atoms with E-state index in [-0.39, 0.29) is 0 Å². The SMILES string of the molecule is C=C(C)CN(CC)c1ccc(C=O)cc1. The van der Waals surface area contributed by atoms with Crippen molar-refractivity contribution in [2.45, 2.75) is 13.8 Å². The molecular weight excluding hydrogens is 186 g/mol. The molecule has 1 rings (SSSR count). The third kappa shape index (κ3) is 3.24. The molecular formula is C13H17NO. The lowest BCUT2D eigenvalue weighted by atomic mass is 10.2. The highest BCUT2D eigenvalue weighted by Crippen LogP contribution is 2.15. The Labute approximate surface area is 91.2 Å². The number of likely N-dealkylation sites (N-methyl/N-ethyl adjacent to an activating group) is 1. The molecule has 0 spiro atoms. The second-order valence-corrected chi connectivity index (χ2v) is 3.68. The van der Waals surface area contributed by atoms with Crippen molar-refractivity contribution in [3.8, 4) is 0 Å². The van der Waals surface area contributed by atoms with Crippen molar-refractivity contribution in [3.63, 3.8) is 0 Å². The topological polar surface area (TPSA) is 20.3 Å². The fraction of sp³-hybridized carbons (Fsp3) is 0.308. The highest BCUT2D eigenvalue weighted by atomic mass is 16.1. The molecule has 80 valence electrons. The summed E-state index contributed by atoms with van der Waals surface area (Å²) in [6, 6.07) is 7.61. The van der Waals surface area contributed by atoms with E-state index in [4.69, 9.17) is 0 Å². The third-order valence-electron chi connectivity index (χ3n) is 2.24. The van der Waals surface area contributed by atoms with E-state index < -0.39 is 0 Å². The van der Waals surface area contributed by atoms with Gasteiger partial charge in [-0.1, -0.05) is 12.2 Å². The standard InChI is InChI=1S/C13H17NO/c1-4-14(9-11(2)3)13-7-5-12(10-15)6-8-13/h5-8,10H,2,4,9H2,1,3H3. The minimum atomic E-state index is 0.713. The van der Waals surface area contributed by atoms with Crippen LogP contribution in [0, 0.1) is 0 Å². The van der Waals surface area contributed by atoms with Gasteiger partial charge in [-0.15, -0.1) is 0 Å². The van der Waals surface area contributed by atoms with Crippen molar-refractivity contribution in [1.29, 1.82) is 0 Å². The van der Waals surface area contributed by atoms with Gasteiger partial charge in [0.1, 0.15) is 6.29 Å². The summed E-state index contributed by atoms with van der Waals surface area (Å²) in [5.41, 5.74) is 2.98. The van der Waals surface area contributed by atoms with E-state index in [0.717, 1.165) is 30.6 Å². The molecule has 0 N–H and O–H groups in total. The monoisotopic (exact) mass is 203 g/mol. The fourth-order valence-corrected chi connectivity index (χ4v) is 1.48. The molecule has 15 heavy (non-hydrogen) atoms. The maximum atomic E-state index is 10.5. The Balaban J connectivity index is 2.82. The number of benzene rings is 1. The summed E-state index contributed by atoms with van der Waals surface area (Å²) in [6.07, 6.45) is 0.860. The van der Waals surface area contributed by atoms with Crippen LogP contribution >= 0.6 is 0 Å². The second kappa shape index (κ2) is 5.35. The van der Waals surface area contributed by atoms with Crippen molar-refractivity contribution in [2.24, 2.45) is 0 Å². The largest absolute Gasteiger partial charge is 0.368 e. The van der Waals surface area contributed by atoms with Crippen LogP contribution in [0.15, 0.2) is 36.4 Å². The van der Waals surface area contributed by atoms with E-state index in [1.165, 1.54) is 0 Å². The Hall–Kier alpha value is -1.57. The highest BCUT2D eigenvalue weighted by Gasteiger charge is 2.03. The molecule has 0 amide bonds. The van der Waals surface area contributed by atoms with Crippen LogP contribution in [0.4, 0.5) is 5.69 Å². The highest BCUT2D eigenvalue weighted by molar-refractivity contribution is 5.75. The summed E-state index contributed by atoms with van der Waals surface area (Å²) in [7, 11) is 0. The average Bonchev–Trinajstić information content (AvgIpc) is 2.26. The van der Waals surface area contributed by atoms with Gasteiger partial charge >= 0.3 is 0 Å². The van der Waals surface area contributed by atoms with Crippen LogP contribution in [0.1, 0.15) is 24.2 Å². The van der Waals surface area contributed by atoms with Gasteiger partial charge in [-0.3, -0.25) is 4.79 Å². The van der Waals surface area contributed by atoms with E-state index in [0.29, 0.717) is 5.56 Å². The van der Waals surface area contributed by atoms with Crippen LogP contribution in [0.3, 0.4) is 0 Å². The Kier molecular flexibility index (Phi) is 4.10. The maximum Gasteiger partial charge on any atom is 0.150 e.